The predicted molar refractivity (Wildman–Crippen MR) is 91.5 cm³/mol. The smallest absolute Gasteiger partial charge is 0.121 e. The molecular formula is C18H19N3O3. The third-order valence-corrected chi connectivity index (χ3v) is 4.17. The van der Waals surface area contributed by atoms with Crippen molar-refractivity contribution in [3.63, 3.8) is 0 Å². The van der Waals surface area contributed by atoms with Crippen LogP contribution in [-0.4, -0.2) is 59.4 Å². The molecule has 4 rings (SSSR count). The van der Waals surface area contributed by atoms with Crippen LogP contribution in [0.15, 0.2) is 36.4 Å². The normalized spacial score (nSPS) is 15.8. The first-order chi connectivity index (χ1) is 11.8. The zero-order chi connectivity index (χ0) is 16.4. The molecule has 0 spiro atoms. The Morgan fingerprint density at radius 3 is 2.50 bits per heavy atom. The molecule has 1 saturated heterocycles. The zero-order valence-corrected chi connectivity index (χ0v) is 13.3. The van der Waals surface area contributed by atoms with Crippen LogP contribution in [0, 0.1) is 0 Å². The number of phenolic OH excluding ortho intramolecular Hbond substituents is 1. The van der Waals surface area contributed by atoms with E-state index in [2.05, 4.69) is 14.9 Å². The van der Waals surface area contributed by atoms with Gasteiger partial charge in [0.1, 0.15) is 18.1 Å². The molecule has 0 saturated carbocycles. The second-order valence-electron chi connectivity index (χ2n) is 5.85. The minimum absolute atomic E-state index is 0.189. The van der Waals surface area contributed by atoms with Crippen LogP contribution in [0.25, 0.3) is 22.1 Å². The molecule has 1 aliphatic rings. The predicted octanol–water partition coefficient (Wildman–Crippen LogP) is 2.20. The molecule has 1 aromatic heterocycles. The Hall–Kier alpha value is -2.44. The van der Waals surface area contributed by atoms with Crippen molar-refractivity contribution in [2.24, 2.45) is 0 Å². The van der Waals surface area contributed by atoms with Crippen LogP contribution in [0.5, 0.6) is 11.5 Å². The summed E-state index contributed by atoms with van der Waals surface area (Å²) < 4.78 is 11.2. The third-order valence-electron chi connectivity index (χ3n) is 4.17. The standard InChI is InChI=1S/C18H19N3O3/c22-13-1-3-15-17(11-13)20-18-12-14(2-4-16(18)19-15)24-10-7-21-5-8-23-9-6-21/h1-4,11-12,22H,5-10H2. The van der Waals surface area contributed by atoms with Crippen molar-refractivity contribution in [2.75, 3.05) is 39.5 Å². The fourth-order valence-corrected chi connectivity index (χ4v) is 2.85. The molecule has 2 heterocycles. The highest BCUT2D eigenvalue weighted by atomic mass is 16.5. The average molecular weight is 325 g/mol. The second-order valence-corrected chi connectivity index (χ2v) is 5.85. The summed E-state index contributed by atoms with van der Waals surface area (Å²) in [5, 5.41) is 9.59. The average Bonchev–Trinajstić information content (AvgIpc) is 2.61. The van der Waals surface area contributed by atoms with Crippen molar-refractivity contribution >= 4 is 22.1 Å². The Morgan fingerprint density at radius 2 is 1.67 bits per heavy atom. The van der Waals surface area contributed by atoms with Crippen molar-refractivity contribution in [1.82, 2.24) is 14.9 Å². The fourth-order valence-electron chi connectivity index (χ4n) is 2.85. The van der Waals surface area contributed by atoms with Gasteiger partial charge in [0, 0.05) is 31.8 Å². The Kier molecular flexibility index (Phi) is 4.15. The molecular weight excluding hydrogens is 306 g/mol. The lowest BCUT2D eigenvalue weighted by molar-refractivity contribution is 0.0322. The van der Waals surface area contributed by atoms with E-state index in [0.717, 1.165) is 55.1 Å². The van der Waals surface area contributed by atoms with E-state index in [9.17, 15) is 5.11 Å². The van der Waals surface area contributed by atoms with E-state index in [1.807, 2.05) is 18.2 Å². The Balaban J connectivity index is 1.50. The molecule has 1 aliphatic heterocycles. The van der Waals surface area contributed by atoms with Crippen LogP contribution in [0.1, 0.15) is 0 Å². The van der Waals surface area contributed by atoms with Crippen LogP contribution < -0.4 is 4.74 Å². The van der Waals surface area contributed by atoms with Gasteiger partial charge in [-0.15, -0.1) is 0 Å². The van der Waals surface area contributed by atoms with Crippen LogP contribution in [0.4, 0.5) is 0 Å². The van der Waals surface area contributed by atoms with E-state index in [1.54, 1.807) is 18.2 Å². The van der Waals surface area contributed by atoms with E-state index in [4.69, 9.17) is 9.47 Å². The van der Waals surface area contributed by atoms with Gasteiger partial charge in [0.05, 0.1) is 35.3 Å². The van der Waals surface area contributed by atoms with Gasteiger partial charge in [-0.05, 0) is 24.3 Å². The Labute approximate surface area is 139 Å². The number of rotatable bonds is 4. The molecule has 6 nitrogen and oxygen atoms in total. The van der Waals surface area contributed by atoms with Crippen molar-refractivity contribution in [3.8, 4) is 11.5 Å². The van der Waals surface area contributed by atoms with Gasteiger partial charge in [-0.1, -0.05) is 0 Å². The van der Waals surface area contributed by atoms with Crippen molar-refractivity contribution < 1.29 is 14.6 Å². The number of nitrogens with zero attached hydrogens (tertiary/aromatic N) is 3. The summed E-state index contributed by atoms with van der Waals surface area (Å²) in [7, 11) is 0. The van der Waals surface area contributed by atoms with Gasteiger partial charge in [0.15, 0.2) is 0 Å². The first-order valence-electron chi connectivity index (χ1n) is 8.11. The SMILES string of the molecule is Oc1ccc2nc3ccc(OCCN4CCOCC4)cc3nc2c1. The molecule has 124 valence electrons. The number of fused-ring (bicyclic) bond motifs is 2. The number of benzene rings is 2. The number of aromatic nitrogens is 2. The lowest BCUT2D eigenvalue weighted by atomic mass is 10.2. The number of morpholine rings is 1. The molecule has 1 fully saturated rings. The summed E-state index contributed by atoms with van der Waals surface area (Å²) >= 11 is 0. The van der Waals surface area contributed by atoms with Gasteiger partial charge in [-0.3, -0.25) is 4.90 Å². The fraction of sp³-hybridized carbons (Fsp3) is 0.333. The third kappa shape index (κ3) is 3.25. The quantitative estimate of drug-likeness (QED) is 0.742. The summed E-state index contributed by atoms with van der Waals surface area (Å²) in [5.41, 5.74) is 3.01. The van der Waals surface area contributed by atoms with Crippen molar-refractivity contribution in [2.45, 2.75) is 0 Å². The number of phenols is 1. The minimum Gasteiger partial charge on any atom is -0.508 e. The summed E-state index contributed by atoms with van der Waals surface area (Å²) in [4.78, 5) is 11.5. The van der Waals surface area contributed by atoms with E-state index < -0.39 is 0 Å². The largest absolute Gasteiger partial charge is 0.508 e. The van der Waals surface area contributed by atoms with E-state index >= 15 is 0 Å². The molecule has 0 aliphatic carbocycles. The topological polar surface area (TPSA) is 67.7 Å². The number of ether oxygens (including phenoxy) is 2. The van der Waals surface area contributed by atoms with E-state index in [-0.39, 0.29) is 5.75 Å². The first-order valence-corrected chi connectivity index (χ1v) is 8.11. The highest BCUT2D eigenvalue weighted by Crippen LogP contribution is 2.23. The molecule has 24 heavy (non-hydrogen) atoms. The van der Waals surface area contributed by atoms with Gasteiger partial charge < -0.3 is 14.6 Å². The van der Waals surface area contributed by atoms with Gasteiger partial charge in [0.25, 0.3) is 0 Å². The first kappa shape index (κ1) is 15.1. The maximum Gasteiger partial charge on any atom is 0.121 e. The van der Waals surface area contributed by atoms with Crippen LogP contribution >= 0.6 is 0 Å². The van der Waals surface area contributed by atoms with Gasteiger partial charge >= 0.3 is 0 Å². The van der Waals surface area contributed by atoms with Crippen LogP contribution in [0.3, 0.4) is 0 Å². The number of hydrogen-bond acceptors (Lipinski definition) is 6. The van der Waals surface area contributed by atoms with Crippen LogP contribution in [-0.2, 0) is 4.74 Å². The zero-order valence-electron chi connectivity index (χ0n) is 13.3. The summed E-state index contributed by atoms with van der Waals surface area (Å²) in [6, 6.07) is 10.7. The maximum atomic E-state index is 9.59. The van der Waals surface area contributed by atoms with Crippen LogP contribution in [0.2, 0.25) is 0 Å². The second kappa shape index (κ2) is 6.59. The molecule has 1 N–H and O–H groups in total. The number of aromatic hydroxyl groups is 1. The minimum atomic E-state index is 0.189. The molecule has 0 unspecified atom stereocenters. The summed E-state index contributed by atoms with van der Waals surface area (Å²) in [6.07, 6.45) is 0. The molecule has 0 radical (unpaired) electrons. The van der Waals surface area contributed by atoms with E-state index in [0.29, 0.717) is 12.1 Å². The van der Waals surface area contributed by atoms with Gasteiger partial charge in [-0.25, -0.2) is 9.97 Å². The van der Waals surface area contributed by atoms with Crippen molar-refractivity contribution in [3.05, 3.63) is 36.4 Å². The summed E-state index contributed by atoms with van der Waals surface area (Å²) in [6.45, 7) is 5.03. The highest BCUT2D eigenvalue weighted by molar-refractivity contribution is 5.87. The number of hydrogen-bond donors (Lipinski definition) is 1. The molecule has 6 heteroatoms. The Morgan fingerprint density at radius 1 is 0.958 bits per heavy atom. The lowest BCUT2D eigenvalue weighted by Crippen LogP contribution is -2.38. The van der Waals surface area contributed by atoms with Gasteiger partial charge in [-0.2, -0.15) is 0 Å². The molecule has 2 aromatic carbocycles. The molecule has 0 bridgehead atoms. The summed E-state index contributed by atoms with van der Waals surface area (Å²) in [5.74, 6) is 0.971. The molecule has 0 amide bonds. The monoisotopic (exact) mass is 325 g/mol. The van der Waals surface area contributed by atoms with Crippen molar-refractivity contribution in [1.29, 1.82) is 0 Å². The maximum absolute atomic E-state index is 9.59. The van der Waals surface area contributed by atoms with Gasteiger partial charge in [0.2, 0.25) is 0 Å². The lowest BCUT2D eigenvalue weighted by Gasteiger charge is -2.26. The Bertz CT molecular complexity index is 863. The highest BCUT2D eigenvalue weighted by Gasteiger charge is 2.10. The molecule has 0 atom stereocenters. The molecule has 3 aromatic rings. The van der Waals surface area contributed by atoms with E-state index in [1.165, 1.54) is 0 Å².